The number of furan rings is 1. The van der Waals surface area contributed by atoms with Gasteiger partial charge in [0.1, 0.15) is 5.75 Å². The summed E-state index contributed by atoms with van der Waals surface area (Å²) >= 11 is 0. The van der Waals surface area contributed by atoms with Crippen LogP contribution in [0.4, 0.5) is 4.79 Å². The first-order chi connectivity index (χ1) is 14.8. The third-order valence-corrected chi connectivity index (χ3v) is 5.53. The van der Waals surface area contributed by atoms with Gasteiger partial charge < -0.3 is 29.7 Å². The average Bonchev–Trinajstić information content (AvgIpc) is 3.34. The largest absolute Gasteiger partial charge is 0.618 e. The molecule has 11 nitrogen and oxygen atoms in total. The van der Waals surface area contributed by atoms with Gasteiger partial charge in [0, 0.05) is 18.2 Å². The van der Waals surface area contributed by atoms with E-state index in [-0.39, 0.29) is 35.9 Å². The van der Waals surface area contributed by atoms with Crippen LogP contribution < -0.4 is 20.1 Å². The maximum Gasteiger partial charge on any atom is 0.322 e. The molecule has 0 spiro atoms. The number of hydrogen-bond donors (Lipinski definition) is 3. The number of rotatable bonds is 4. The van der Waals surface area contributed by atoms with Crippen molar-refractivity contribution in [3.63, 3.8) is 0 Å². The molecule has 158 valence electrons. The number of imide groups is 1. The van der Waals surface area contributed by atoms with Gasteiger partial charge in [-0.15, -0.1) is 0 Å². The maximum atomic E-state index is 13.0. The Morgan fingerprint density at radius 3 is 2.81 bits per heavy atom. The summed E-state index contributed by atoms with van der Waals surface area (Å²) < 4.78 is 11.2. The summed E-state index contributed by atoms with van der Waals surface area (Å²) in [6, 6.07) is 7.09. The fraction of sp³-hybridized carbons (Fsp3) is 0.200. The number of urea groups is 1. The normalized spacial score (nSPS) is 20.2. The molecule has 4 heterocycles. The van der Waals surface area contributed by atoms with E-state index < -0.39 is 23.2 Å². The second-order valence-electron chi connectivity index (χ2n) is 7.32. The molecule has 1 fully saturated rings. The number of aromatic nitrogens is 1. The molecule has 0 saturated carbocycles. The van der Waals surface area contributed by atoms with E-state index in [1.54, 1.807) is 18.2 Å². The molecule has 31 heavy (non-hydrogen) atoms. The molecular weight excluding hydrogens is 408 g/mol. The number of nitrogens with zero attached hydrogens (tertiary/aromatic N) is 2. The molecule has 11 heteroatoms. The van der Waals surface area contributed by atoms with Crippen molar-refractivity contribution in [2.24, 2.45) is 0 Å². The predicted octanol–water partition coefficient (Wildman–Crippen LogP) is 0.471. The first kappa shape index (κ1) is 18.7. The Labute approximate surface area is 174 Å². The van der Waals surface area contributed by atoms with E-state index in [1.807, 2.05) is 0 Å². The van der Waals surface area contributed by atoms with Gasteiger partial charge in [0.2, 0.25) is 16.9 Å². The number of nitrogens with one attached hydrogen (secondary N) is 2. The van der Waals surface area contributed by atoms with Gasteiger partial charge in [0.25, 0.3) is 11.8 Å². The van der Waals surface area contributed by atoms with Crippen molar-refractivity contribution in [2.75, 3.05) is 13.7 Å². The molecule has 3 N–H and O–H groups in total. The van der Waals surface area contributed by atoms with Crippen LogP contribution in [-0.2, 0) is 16.9 Å². The number of carbonyl (C=O) groups excluding carboxylic acids is 3. The quantitative estimate of drug-likeness (QED) is 0.313. The first-order valence-electron chi connectivity index (χ1n) is 9.28. The summed E-state index contributed by atoms with van der Waals surface area (Å²) in [7, 11) is 1.49. The number of pyridine rings is 1. The number of aromatic hydroxyl groups is 1. The van der Waals surface area contributed by atoms with Crippen molar-refractivity contribution in [3.05, 3.63) is 58.6 Å². The van der Waals surface area contributed by atoms with Crippen molar-refractivity contribution in [2.45, 2.75) is 12.1 Å². The number of methoxy groups -OCH3 is 1. The van der Waals surface area contributed by atoms with Crippen LogP contribution in [0.5, 0.6) is 11.5 Å². The van der Waals surface area contributed by atoms with Crippen LogP contribution in [0.15, 0.2) is 40.9 Å². The average molecular weight is 424 g/mol. The second kappa shape index (κ2) is 6.36. The molecule has 2 aromatic heterocycles. The Balaban J connectivity index is 1.60. The predicted molar refractivity (Wildman–Crippen MR) is 103 cm³/mol. The lowest BCUT2D eigenvalue weighted by atomic mass is 9.94. The molecule has 3 aromatic rings. The van der Waals surface area contributed by atoms with E-state index in [0.717, 1.165) is 11.8 Å². The van der Waals surface area contributed by atoms with Gasteiger partial charge in [-0.3, -0.25) is 14.9 Å². The minimum absolute atomic E-state index is 0.0269. The van der Waals surface area contributed by atoms with E-state index in [4.69, 9.17) is 9.15 Å². The number of carbonyl (C=O) groups is 3. The van der Waals surface area contributed by atoms with Gasteiger partial charge in [-0.25, -0.2) is 4.79 Å². The standard InChI is InChI=1S/C20H16N4O7/c1-30-11-5-4-10-8-23(17(26)12(10)7-11)9-20(18(27)21-19(28)22-20)16-15(25)14-13(31-16)3-2-6-24(14)29/h2-7,25H,8-9H2,1H3,(H2,21,22,27,28)/t20-/m0/s1. The van der Waals surface area contributed by atoms with Crippen LogP contribution in [0.2, 0.25) is 0 Å². The van der Waals surface area contributed by atoms with Gasteiger partial charge in [-0.2, -0.15) is 4.73 Å². The van der Waals surface area contributed by atoms with Crippen LogP contribution in [0, 0.1) is 5.21 Å². The smallest absolute Gasteiger partial charge is 0.322 e. The van der Waals surface area contributed by atoms with E-state index in [2.05, 4.69) is 10.6 Å². The SMILES string of the molecule is COc1ccc2c(c1)C(=O)N(C[C@@]1(c3oc4ccc[n+]([O-])c4c3O)NC(=O)NC1=O)C2. The van der Waals surface area contributed by atoms with Gasteiger partial charge in [0.15, 0.2) is 12.0 Å². The van der Waals surface area contributed by atoms with Crippen LogP contribution in [0.3, 0.4) is 0 Å². The molecule has 0 unspecified atom stereocenters. The van der Waals surface area contributed by atoms with Crippen molar-refractivity contribution in [3.8, 4) is 11.5 Å². The van der Waals surface area contributed by atoms with Gasteiger partial charge in [-0.05, 0) is 23.8 Å². The highest BCUT2D eigenvalue weighted by Gasteiger charge is 2.55. The summed E-state index contributed by atoms with van der Waals surface area (Å²) in [5.41, 5.74) is -0.956. The van der Waals surface area contributed by atoms with Gasteiger partial charge >= 0.3 is 11.5 Å². The molecule has 2 aliphatic heterocycles. The zero-order chi connectivity index (χ0) is 21.9. The molecule has 5 rings (SSSR count). The number of fused-ring (bicyclic) bond motifs is 2. The van der Waals surface area contributed by atoms with E-state index in [1.165, 1.54) is 24.1 Å². The van der Waals surface area contributed by atoms with Gasteiger partial charge in [-0.1, -0.05) is 6.07 Å². The molecule has 0 aliphatic carbocycles. The minimum Gasteiger partial charge on any atom is -0.618 e. The summed E-state index contributed by atoms with van der Waals surface area (Å²) in [6.07, 6.45) is 1.16. The first-order valence-corrected chi connectivity index (χ1v) is 9.28. The minimum atomic E-state index is -1.92. The third kappa shape index (κ3) is 2.59. The van der Waals surface area contributed by atoms with Crippen molar-refractivity contribution in [1.29, 1.82) is 0 Å². The Kier molecular flexibility index (Phi) is 3.84. The van der Waals surface area contributed by atoms with E-state index in [9.17, 15) is 24.7 Å². The molecule has 2 aliphatic rings. The number of benzene rings is 1. The van der Waals surface area contributed by atoms with E-state index >= 15 is 0 Å². The van der Waals surface area contributed by atoms with Gasteiger partial charge in [0.05, 0.1) is 13.7 Å². The van der Waals surface area contributed by atoms with Crippen LogP contribution in [0.1, 0.15) is 21.7 Å². The molecule has 1 aromatic carbocycles. The summed E-state index contributed by atoms with van der Waals surface area (Å²) in [5, 5.41) is 27.4. The topological polar surface area (TPSA) is 148 Å². The number of ether oxygens (including phenoxy) is 1. The zero-order valence-electron chi connectivity index (χ0n) is 16.2. The van der Waals surface area contributed by atoms with Crippen molar-refractivity contribution >= 4 is 28.9 Å². The van der Waals surface area contributed by atoms with E-state index in [0.29, 0.717) is 16.0 Å². The lowest BCUT2D eigenvalue weighted by molar-refractivity contribution is -0.577. The summed E-state index contributed by atoms with van der Waals surface area (Å²) in [5.74, 6) is -1.61. The monoisotopic (exact) mass is 424 g/mol. The highest BCUT2D eigenvalue weighted by Crippen LogP contribution is 2.40. The lowest BCUT2D eigenvalue weighted by Gasteiger charge is -2.28. The molecule has 1 atom stereocenters. The molecule has 1 saturated heterocycles. The number of amides is 4. The van der Waals surface area contributed by atoms with Crippen LogP contribution in [-0.4, -0.2) is 41.5 Å². The third-order valence-electron chi connectivity index (χ3n) is 5.53. The highest BCUT2D eigenvalue weighted by atomic mass is 16.5. The highest BCUT2D eigenvalue weighted by molar-refractivity contribution is 6.09. The Morgan fingerprint density at radius 2 is 2.13 bits per heavy atom. The van der Waals surface area contributed by atoms with Crippen LogP contribution >= 0.6 is 0 Å². The second-order valence-corrected chi connectivity index (χ2v) is 7.32. The lowest BCUT2D eigenvalue weighted by Crippen LogP contribution is -2.52. The maximum absolute atomic E-state index is 13.0. The summed E-state index contributed by atoms with van der Waals surface area (Å²) in [6.45, 7) is -0.155. The molecule has 4 amide bonds. The van der Waals surface area contributed by atoms with Crippen molar-refractivity contribution < 1.29 is 33.4 Å². The number of hydrogen-bond acceptors (Lipinski definition) is 7. The zero-order valence-corrected chi connectivity index (χ0v) is 16.2. The van der Waals surface area contributed by atoms with Crippen LogP contribution in [0.25, 0.3) is 11.1 Å². The molecular formula is C20H16N4O7. The molecule has 0 radical (unpaired) electrons. The Morgan fingerprint density at radius 1 is 1.32 bits per heavy atom. The Bertz CT molecular complexity index is 1280. The fourth-order valence-corrected chi connectivity index (χ4v) is 4.05. The molecule has 0 bridgehead atoms. The summed E-state index contributed by atoms with van der Waals surface area (Å²) in [4.78, 5) is 39.3. The fourth-order valence-electron chi connectivity index (χ4n) is 4.05. The van der Waals surface area contributed by atoms with Crippen molar-refractivity contribution in [1.82, 2.24) is 15.5 Å². The Hall–Kier alpha value is -4.28.